The molecule has 1 unspecified atom stereocenters. The highest BCUT2D eigenvalue weighted by molar-refractivity contribution is 5.99. The molecule has 1 atom stereocenters. The van der Waals surface area contributed by atoms with Gasteiger partial charge in [0.25, 0.3) is 0 Å². The minimum atomic E-state index is -0.783. The Balaban J connectivity index is 4.42. The van der Waals surface area contributed by atoms with Crippen LogP contribution in [0.3, 0.4) is 0 Å². The van der Waals surface area contributed by atoms with Gasteiger partial charge in [-0.2, -0.15) is 0 Å². The summed E-state index contributed by atoms with van der Waals surface area (Å²) in [4.78, 5) is 23.9. The predicted molar refractivity (Wildman–Crippen MR) is 125 cm³/mol. The molecule has 0 saturated heterocycles. The third-order valence-electron chi connectivity index (χ3n) is 5.02. The van der Waals surface area contributed by atoms with Crippen molar-refractivity contribution in [2.24, 2.45) is 5.92 Å². The Kier molecular flexibility index (Phi) is 15.7. The second kappa shape index (κ2) is 16.8. The molecular formula is C26H42O4. The van der Waals surface area contributed by atoms with Gasteiger partial charge in [-0.25, -0.2) is 0 Å². The molecule has 4 nitrogen and oxygen atoms in total. The molecule has 0 aromatic rings. The van der Waals surface area contributed by atoms with Crippen LogP contribution in [0.25, 0.3) is 0 Å². The highest BCUT2D eigenvalue weighted by Gasteiger charge is 2.25. The molecule has 0 N–H and O–H groups in total. The summed E-state index contributed by atoms with van der Waals surface area (Å²) in [5.74, 6) is -1.52. The van der Waals surface area contributed by atoms with Crippen molar-refractivity contribution in [2.45, 2.75) is 79.6 Å². The molecule has 0 fully saturated rings. The first-order valence-electron chi connectivity index (χ1n) is 10.9. The fraction of sp³-hybridized carbons (Fsp3) is 0.615. The second-order valence-corrected chi connectivity index (χ2v) is 8.26. The van der Waals surface area contributed by atoms with E-state index in [1.54, 1.807) is 0 Å². The number of ketones is 1. The molecule has 170 valence electrons. The predicted octanol–water partition coefficient (Wildman–Crippen LogP) is 6.53. The van der Waals surface area contributed by atoms with Gasteiger partial charge in [-0.1, -0.05) is 46.6 Å². The molecule has 0 amide bonds. The number of allylic oxidation sites excluding steroid dienone is 8. The number of carbonyl (C=O) groups is 2. The Morgan fingerprint density at radius 1 is 0.733 bits per heavy atom. The maximum absolute atomic E-state index is 12.0. The SMILES string of the molecule is COCC(=O)C(CC=C(C)CCC=C(C)CCC=C(C)CCC=C(C)C)C(=O)OC. The molecule has 4 heteroatoms. The number of esters is 1. The van der Waals surface area contributed by atoms with Gasteiger partial charge in [-0.15, -0.1) is 0 Å². The molecular weight excluding hydrogens is 376 g/mol. The van der Waals surface area contributed by atoms with Crippen molar-refractivity contribution in [1.82, 2.24) is 0 Å². The molecule has 0 radical (unpaired) electrons. The Labute approximate surface area is 184 Å². The van der Waals surface area contributed by atoms with Gasteiger partial charge < -0.3 is 9.47 Å². The summed E-state index contributed by atoms with van der Waals surface area (Å²) in [7, 11) is 2.75. The standard InChI is InChI=1S/C26H42O4/c1-20(2)11-8-12-21(3)13-9-14-22(4)15-10-16-23(5)17-18-24(26(28)30-7)25(27)19-29-6/h11,13,15,17,24H,8-10,12,14,16,18-19H2,1-7H3. The number of methoxy groups -OCH3 is 2. The molecule has 0 saturated carbocycles. The Bertz CT molecular complexity index is 646. The average Bonchev–Trinajstić information content (AvgIpc) is 2.67. The van der Waals surface area contributed by atoms with Crippen LogP contribution in [0.2, 0.25) is 0 Å². The quantitative estimate of drug-likeness (QED) is 0.172. The van der Waals surface area contributed by atoms with Crippen molar-refractivity contribution in [1.29, 1.82) is 0 Å². The van der Waals surface area contributed by atoms with Gasteiger partial charge in [0.15, 0.2) is 5.78 Å². The maximum Gasteiger partial charge on any atom is 0.316 e. The van der Waals surface area contributed by atoms with E-state index in [9.17, 15) is 9.59 Å². The van der Waals surface area contributed by atoms with E-state index in [1.165, 1.54) is 36.5 Å². The number of carbonyl (C=O) groups excluding carboxylic acids is 2. The zero-order valence-electron chi connectivity index (χ0n) is 20.2. The molecule has 0 aliphatic heterocycles. The monoisotopic (exact) mass is 418 g/mol. The first-order chi connectivity index (χ1) is 14.2. The van der Waals surface area contributed by atoms with Gasteiger partial charge in [-0.3, -0.25) is 9.59 Å². The van der Waals surface area contributed by atoms with Crippen LogP contribution in [0.15, 0.2) is 46.6 Å². The summed E-state index contributed by atoms with van der Waals surface area (Å²) >= 11 is 0. The molecule has 0 rings (SSSR count). The summed E-state index contributed by atoms with van der Waals surface area (Å²) in [6.45, 7) is 10.6. The van der Waals surface area contributed by atoms with Gasteiger partial charge >= 0.3 is 5.97 Å². The smallest absolute Gasteiger partial charge is 0.316 e. The molecule has 0 bridgehead atoms. The van der Waals surface area contributed by atoms with Gasteiger partial charge in [0.05, 0.1) is 7.11 Å². The normalized spacial score (nSPS) is 13.8. The Morgan fingerprint density at radius 3 is 1.63 bits per heavy atom. The lowest BCUT2D eigenvalue weighted by Crippen LogP contribution is -2.27. The maximum atomic E-state index is 12.0. The van der Waals surface area contributed by atoms with Crippen molar-refractivity contribution in [3.05, 3.63) is 46.6 Å². The summed E-state index contributed by atoms with van der Waals surface area (Å²) in [5, 5.41) is 0. The molecule has 30 heavy (non-hydrogen) atoms. The summed E-state index contributed by atoms with van der Waals surface area (Å²) < 4.78 is 9.61. The number of ether oxygens (including phenoxy) is 2. The molecule has 0 aromatic carbocycles. The van der Waals surface area contributed by atoms with Crippen LogP contribution in [0, 0.1) is 5.92 Å². The lowest BCUT2D eigenvalue weighted by molar-refractivity contribution is -0.150. The third-order valence-corrected chi connectivity index (χ3v) is 5.02. The number of hydrogen-bond donors (Lipinski definition) is 0. The molecule has 0 spiro atoms. The van der Waals surface area contributed by atoms with E-state index < -0.39 is 11.9 Å². The minimum absolute atomic E-state index is 0.0720. The van der Waals surface area contributed by atoms with Crippen LogP contribution in [0.1, 0.15) is 79.6 Å². The molecule has 0 heterocycles. The number of Topliss-reactive ketones (excluding diaryl/α,β-unsaturated/α-hetero) is 1. The fourth-order valence-corrected chi connectivity index (χ4v) is 3.05. The summed E-state index contributed by atoms with van der Waals surface area (Å²) in [6.07, 6.45) is 15.6. The molecule has 0 aliphatic rings. The van der Waals surface area contributed by atoms with Crippen LogP contribution in [0.5, 0.6) is 0 Å². The second-order valence-electron chi connectivity index (χ2n) is 8.26. The Morgan fingerprint density at radius 2 is 1.20 bits per heavy atom. The van der Waals surface area contributed by atoms with Crippen molar-refractivity contribution in [3.8, 4) is 0 Å². The van der Waals surface area contributed by atoms with Crippen LogP contribution in [-0.4, -0.2) is 32.6 Å². The van der Waals surface area contributed by atoms with Crippen LogP contribution in [-0.2, 0) is 19.1 Å². The van der Waals surface area contributed by atoms with Gasteiger partial charge in [-0.05, 0) is 79.6 Å². The zero-order chi connectivity index (χ0) is 22.9. The molecule has 0 aliphatic carbocycles. The van der Waals surface area contributed by atoms with Gasteiger partial charge in [0.1, 0.15) is 12.5 Å². The topological polar surface area (TPSA) is 52.6 Å². The average molecular weight is 419 g/mol. The zero-order valence-corrected chi connectivity index (χ0v) is 20.2. The van der Waals surface area contributed by atoms with Crippen molar-refractivity contribution < 1.29 is 19.1 Å². The van der Waals surface area contributed by atoms with E-state index in [-0.39, 0.29) is 12.4 Å². The van der Waals surface area contributed by atoms with E-state index in [0.717, 1.165) is 38.5 Å². The highest BCUT2D eigenvalue weighted by atomic mass is 16.5. The van der Waals surface area contributed by atoms with Crippen molar-refractivity contribution in [2.75, 3.05) is 20.8 Å². The number of rotatable bonds is 15. The van der Waals surface area contributed by atoms with Crippen LogP contribution < -0.4 is 0 Å². The highest BCUT2D eigenvalue weighted by Crippen LogP contribution is 2.16. The van der Waals surface area contributed by atoms with Crippen LogP contribution in [0.4, 0.5) is 0 Å². The van der Waals surface area contributed by atoms with E-state index >= 15 is 0 Å². The van der Waals surface area contributed by atoms with E-state index in [2.05, 4.69) is 45.9 Å². The summed E-state index contributed by atoms with van der Waals surface area (Å²) in [5.41, 5.74) is 5.42. The first-order valence-corrected chi connectivity index (χ1v) is 10.9. The van der Waals surface area contributed by atoms with Gasteiger partial charge in [0.2, 0.25) is 0 Å². The van der Waals surface area contributed by atoms with E-state index in [4.69, 9.17) is 9.47 Å². The van der Waals surface area contributed by atoms with Gasteiger partial charge in [0, 0.05) is 7.11 Å². The third kappa shape index (κ3) is 14.1. The van der Waals surface area contributed by atoms with E-state index in [1.807, 2.05) is 13.0 Å². The Hall–Kier alpha value is -1.94. The van der Waals surface area contributed by atoms with Crippen molar-refractivity contribution >= 4 is 11.8 Å². The van der Waals surface area contributed by atoms with Crippen LogP contribution >= 0.6 is 0 Å². The fourth-order valence-electron chi connectivity index (χ4n) is 3.05. The largest absolute Gasteiger partial charge is 0.468 e. The van der Waals surface area contributed by atoms with Crippen molar-refractivity contribution in [3.63, 3.8) is 0 Å². The lowest BCUT2D eigenvalue weighted by atomic mass is 9.98. The van der Waals surface area contributed by atoms with E-state index in [0.29, 0.717) is 6.42 Å². The number of hydrogen-bond acceptors (Lipinski definition) is 4. The summed E-state index contributed by atoms with van der Waals surface area (Å²) in [6, 6.07) is 0. The molecule has 0 aromatic heterocycles. The first kappa shape index (κ1) is 28.1. The lowest BCUT2D eigenvalue weighted by Gasteiger charge is -2.11. The minimum Gasteiger partial charge on any atom is -0.468 e.